The van der Waals surface area contributed by atoms with Crippen LogP contribution < -0.4 is 4.74 Å². The summed E-state index contributed by atoms with van der Waals surface area (Å²) in [6.45, 7) is 3.56. The molecule has 1 amide bonds. The highest BCUT2D eigenvalue weighted by atomic mass is 35.5. The third kappa shape index (κ3) is 5.52. The van der Waals surface area contributed by atoms with Crippen LogP contribution in [0, 0.1) is 5.92 Å². The number of amides is 1. The highest BCUT2D eigenvalue weighted by molar-refractivity contribution is 7.89. The van der Waals surface area contributed by atoms with Gasteiger partial charge in [0.05, 0.1) is 22.1 Å². The molecule has 0 unspecified atom stereocenters. The second-order valence-corrected chi connectivity index (χ2v) is 10.2. The summed E-state index contributed by atoms with van der Waals surface area (Å²) in [6, 6.07) is 11.7. The fourth-order valence-electron chi connectivity index (χ4n) is 3.70. The first-order valence-corrected chi connectivity index (χ1v) is 12.3. The van der Waals surface area contributed by atoms with E-state index in [4.69, 9.17) is 27.9 Å². The van der Waals surface area contributed by atoms with Gasteiger partial charge in [0.1, 0.15) is 5.75 Å². The van der Waals surface area contributed by atoms with Gasteiger partial charge in [0.2, 0.25) is 15.9 Å². The summed E-state index contributed by atoms with van der Waals surface area (Å²) < 4.78 is 32.4. The molecule has 0 atom stereocenters. The first-order chi connectivity index (χ1) is 14.8. The molecular formula is C22H26Cl2N2O4S. The average Bonchev–Trinajstić information content (AvgIpc) is 2.79. The third-order valence-electron chi connectivity index (χ3n) is 5.55. The van der Waals surface area contributed by atoms with E-state index in [0.29, 0.717) is 54.8 Å². The molecule has 1 aliphatic heterocycles. The van der Waals surface area contributed by atoms with E-state index in [2.05, 4.69) is 0 Å². The van der Waals surface area contributed by atoms with Gasteiger partial charge in [0, 0.05) is 32.1 Å². The van der Waals surface area contributed by atoms with Crippen LogP contribution in [0.15, 0.2) is 47.4 Å². The molecule has 0 bridgehead atoms. The summed E-state index contributed by atoms with van der Waals surface area (Å²) in [6.07, 6.45) is 0.984. The number of sulfonamides is 1. The van der Waals surface area contributed by atoms with Gasteiger partial charge in [-0.2, -0.15) is 4.31 Å². The van der Waals surface area contributed by atoms with Crippen molar-refractivity contribution in [2.75, 3.05) is 26.7 Å². The summed E-state index contributed by atoms with van der Waals surface area (Å²) in [4.78, 5) is 15.1. The van der Waals surface area contributed by atoms with Crippen molar-refractivity contribution in [2.24, 2.45) is 5.92 Å². The van der Waals surface area contributed by atoms with Crippen LogP contribution >= 0.6 is 23.2 Å². The molecule has 168 valence electrons. The van der Waals surface area contributed by atoms with Gasteiger partial charge in [-0.05, 0) is 61.7 Å². The van der Waals surface area contributed by atoms with Crippen LogP contribution in [0.1, 0.15) is 25.3 Å². The maximum atomic E-state index is 13.1. The van der Waals surface area contributed by atoms with Crippen LogP contribution in [0.2, 0.25) is 10.0 Å². The van der Waals surface area contributed by atoms with E-state index >= 15 is 0 Å². The molecule has 0 aliphatic carbocycles. The van der Waals surface area contributed by atoms with Gasteiger partial charge in [-0.3, -0.25) is 4.79 Å². The van der Waals surface area contributed by atoms with Crippen molar-refractivity contribution < 1.29 is 17.9 Å². The largest absolute Gasteiger partial charge is 0.497 e. The highest BCUT2D eigenvalue weighted by Gasteiger charge is 2.33. The van der Waals surface area contributed by atoms with Crippen LogP contribution in [-0.2, 0) is 21.4 Å². The SMILES string of the molecule is CCN(Cc1ccc(Cl)c(Cl)c1)C(=O)C1CCN(S(=O)(=O)c2ccc(OC)cc2)CC1. The van der Waals surface area contributed by atoms with Gasteiger partial charge in [-0.15, -0.1) is 0 Å². The van der Waals surface area contributed by atoms with Gasteiger partial charge in [-0.25, -0.2) is 8.42 Å². The summed E-state index contributed by atoms with van der Waals surface area (Å²) in [5, 5.41) is 0.935. The predicted octanol–water partition coefficient (Wildman–Crippen LogP) is 4.45. The standard InChI is InChI=1S/C22H26Cl2N2O4S/c1-3-25(15-16-4-9-20(23)21(24)14-16)22(27)17-10-12-26(13-11-17)31(28,29)19-7-5-18(30-2)6-8-19/h4-9,14,17H,3,10-13,15H2,1-2H3. The molecule has 1 fully saturated rings. The van der Waals surface area contributed by atoms with E-state index in [1.165, 1.54) is 11.4 Å². The maximum Gasteiger partial charge on any atom is 0.243 e. The number of hydrogen-bond acceptors (Lipinski definition) is 4. The zero-order chi connectivity index (χ0) is 22.6. The van der Waals surface area contributed by atoms with Crippen LogP contribution in [0.25, 0.3) is 0 Å². The van der Waals surface area contributed by atoms with E-state index in [1.54, 1.807) is 41.3 Å². The smallest absolute Gasteiger partial charge is 0.243 e. The van der Waals surface area contributed by atoms with Gasteiger partial charge >= 0.3 is 0 Å². The van der Waals surface area contributed by atoms with Crippen LogP contribution in [0.5, 0.6) is 5.75 Å². The minimum Gasteiger partial charge on any atom is -0.497 e. The number of hydrogen-bond donors (Lipinski definition) is 0. The van der Waals surface area contributed by atoms with Crippen LogP contribution in [0.4, 0.5) is 0 Å². The molecule has 9 heteroatoms. The Morgan fingerprint density at radius 2 is 1.74 bits per heavy atom. The van der Waals surface area contributed by atoms with E-state index in [-0.39, 0.29) is 16.7 Å². The van der Waals surface area contributed by atoms with E-state index in [1.807, 2.05) is 13.0 Å². The molecule has 0 radical (unpaired) electrons. The molecular weight excluding hydrogens is 459 g/mol. The molecule has 0 aromatic heterocycles. The number of halogens is 2. The lowest BCUT2D eigenvalue weighted by Crippen LogP contribution is -2.44. The number of nitrogens with zero attached hydrogens (tertiary/aromatic N) is 2. The second kappa shape index (κ2) is 10.2. The average molecular weight is 485 g/mol. The number of piperidine rings is 1. The van der Waals surface area contributed by atoms with Crippen molar-refractivity contribution in [3.05, 3.63) is 58.1 Å². The molecule has 2 aromatic carbocycles. The molecule has 0 saturated carbocycles. The quantitative estimate of drug-likeness (QED) is 0.581. The maximum absolute atomic E-state index is 13.1. The Morgan fingerprint density at radius 3 is 2.29 bits per heavy atom. The van der Waals surface area contributed by atoms with E-state index in [9.17, 15) is 13.2 Å². The lowest BCUT2D eigenvalue weighted by atomic mass is 9.96. The fourth-order valence-corrected chi connectivity index (χ4v) is 5.49. The highest BCUT2D eigenvalue weighted by Crippen LogP contribution is 2.27. The molecule has 0 spiro atoms. The van der Waals surface area contributed by atoms with Crippen molar-refractivity contribution in [1.82, 2.24) is 9.21 Å². The lowest BCUT2D eigenvalue weighted by molar-refractivity contribution is -0.137. The van der Waals surface area contributed by atoms with E-state index in [0.717, 1.165) is 5.56 Å². The van der Waals surface area contributed by atoms with Crippen molar-refractivity contribution in [3.63, 3.8) is 0 Å². The van der Waals surface area contributed by atoms with Crippen molar-refractivity contribution >= 4 is 39.1 Å². The fraction of sp³-hybridized carbons (Fsp3) is 0.409. The molecule has 1 saturated heterocycles. The number of carbonyl (C=O) groups excluding carboxylic acids is 1. The molecule has 2 aromatic rings. The number of methoxy groups -OCH3 is 1. The Morgan fingerprint density at radius 1 is 1.10 bits per heavy atom. The zero-order valence-corrected chi connectivity index (χ0v) is 19.9. The molecule has 6 nitrogen and oxygen atoms in total. The monoisotopic (exact) mass is 484 g/mol. The topological polar surface area (TPSA) is 66.9 Å². The molecule has 31 heavy (non-hydrogen) atoms. The zero-order valence-electron chi connectivity index (χ0n) is 17.6. The first-order valence-electron chi connectivity index (χ1n) is 10.1. The Bertz CT molecular complexity index is 1020. The van der Waals surface area contributed by atoms with Gasteiger partial charge in [-0.1, -0.05) is 29.3 Å². The van der Waals surface area contributed by atoms with Crippen LogP contribution in [0.3, 0.4) is 0 Å². The number of ether oxygens (including phenoxy) is 1. The Hall–Kier alpha value is -1.80. The third-order valence-corrected chi connectivity index (χ3v) is 8.20. The van der Waals surface area contributed by atoms with Crippen molar-refractivity contribution in [3.8, 4) is 5.75 Å². The summed E-state index contributed by atoms with van der Waals surface area (Å²) >= 11 is 12.1. The summed E-state index contributed by atoms with van der Waals surface area (Å²) in [7, 11) is -2.06. The Balaban J connectivity index is 1.63. The van der Waals surface area contributed by atoms with Gasteiger partial charge in [0.15, 0.2) is 0 Å². The summed E-state index contributed by atoms with van der Waals surface area (Å²) in [5.41, 5.74) is 0.907. The van der Waals surface area contributed by atoms with Gasteiger partial charge in [0.25, 0.3) is 0 Å². The second-order valence-electron chi connectivity index (χ2n) is 7.45. The molecule has 0 N–H and O–H groups in total. The minimum absolute atomic E-state index is 0.0371. The van der Waals surface area contributed by atoms with Crippen molar-refractivity contribution in [2.45, 2.75) is 31.2 Å². The van der Waals surface area contributed by atoms with Crippen LogP contribution in [-0.4, -0.2) is 50.3 Å². The minimum atomic E-state index is -3.59. The van der Waals surface area contributed by atoms with Crippen molar-refractivity contribution in [1.29, 1.82) is 0 Å². The normalized spacial score (nSPS) is 15.6. The Kier molecular flexibility index (Phi) is 7.86. The number of carbonyl (C=O) groups is 1. The molecule has 1 heterocycles. The first kappa shape index (κ1) is 23.9. The molecule has 3 rings (SSSR count). The summed E-state index contributed by atoms with van der Waals surface area (Å²) in [5.74, 6) is 0.435. The number of rotatable bonds is 7. The van der Waals surface area contributed by atoms with E-state index < -0.39 is 10.0 Å². The predicted molar refractivity (Wildman–Crippen MR) is 122 cm³/mol. The van der Waals surface area contributed by atoms with Gasteiger partial charge < -0.3 is 9.64 Å². The lowest BCUT2D eigenvalue weighted by Gasteiger charge is -2.33. The molecule has 1 aliphatic rings. The number of benzene rings is 2. The Labute approximate surface area is 193 Å².